The number of esters is 1. The standard InChI is InChI=1S/C16H18O6.2C2H2/c17-13-6-4-10(8-14(13)18)5-7-15(19)22-12-3-1-2-11(9-12)16(20)21;2*1-2/h4-8,11-12,17-18H,1-3,9H2,(H,20,21);2*1-2H/b7-5-;;/t11?,12-;;/m0../s1. The van der Waals surface area contributed by atoms with Crippen LogP contribution in [0.15, 0.2) is 24.3 Å². The second-order valence-electron chi connectivity index (χ2n) is 5.34. The number of benzene rings is 1. The summed E-state index contributed by atoms with van der Waals surface area (Å²) in [6.45, 7) is 0. The Kier molecular flexibility index (Phi) is 10.5. The Bertz CT molecular complexity index is 665. The molecule has 1 aliphatic rings. The number of hydrogen-bond acceptors (Lipinski definition) is 5. The summed E-state index contributed by atoms with van der Waals surface area (Å²) in [4.78, 5) is 22.7. The molecule has 3 N–H and O–H groups in total. The van der Waals surface area contributed by atoms with E-state index in [4.69, 9.17) is 9.84 Å². The van der Waals surface area contributed by atoms with E-state index in [0.29, 0.717) is 24.8 Å². The first-order valence-corrected chi connectivity index (χ1v) is 7.76. The second-order valence-corrected chi connectivity index (χ2v) is 5.34. The number of phenols is 2. The lowest BCUT2D eigenvalue weighted by Gasteiger charge is -2.25. The van der Waals surface area contributed by atoms with Gasteiger partial charge in [-0.15, -0.1) is 25.7 Å². The normalized spacial score (nSPS) is 18.5. The van der Waals surface area contributed by atoms with Gasteiger partial charge in [0, 0.05) is 6.08 Å². The lowest BCUT2D eigenvalue weighted by molar-refractivity contribution is -0.151. The molecule has 0 aliphatic heterocycles. The van der Waals surface area contributed by atoms with Gasteiger partial charge in [0.2, 0.25) is 0 Å². The summed E-state index contributed by atoms with van der Waals surface area (Å²) in [6, 6.07) is 4.18. The molecule has 0 spiro atoms. The minimum absolute atomic E-state index is 0.235. The molecular formula is C20H22O6. The van der Waals surface area contributed by atoms with E-state index in [0.717, 1.165) is 6.42 Å². The van der Waals surface area contributed by atoms with Crippen molar-refractivity contribution in [3.05, 3.63) is 29.8 Å². The molecule has 1 saturated carbocycles. The molecule has 0 aromatic heterocycles. The number of hydrogen-bond donors (Lipinski definition) is 3. The van der Waals surface area contributed by atoms with Crippen LogP contribution in [-0.4, -0.2) is 33.4 Å². The fraction of sp³-hybridized carbons (Fsp3) is 0.300. The molecular weight excluding hydrogens is 336 g/mol. The van der Waals surface area contributed by atoms with Gasteiger partial charge in [-0.2, -0.15) is 0 Å². The number of rotatable bonds is 4. The molecule has 1 aromatic rings. The largest absolute Gasteiger partial charge is 0.504 e. The summed E-state index contributed by atoms with van der Waals surface area (Å²) in [5, 5.41) is 27.5. The summed E-state index contributed by atoms with van der Waals surface area (Å²) in [6.07, 6.45) is 20.7. The maximum Gasteiger partial charge on any atom is 0.331 e. The molecule has 6 heteroatoms. The van der Waals surface area contributed by atoms with Crippen LogP contribution in [0.4, 0.5) is 0 Å². The molecule has 0 saturated heterocycles. The first kappa shape index (κ1) is 22.6. The van der Waals surface area contributed by atoms with Gasteiger partial charge in [-0.25, -0.2) is 4.79 Å². The van der Waals surface area contributed by atoms with Crippen LogP contribution in [0.25, 0.3) is 6.08 Å². The van der Waals surface area contributed by atoms with E-state index in [1.54, 1.807) is 6.07 Å². The van der Waals surface area contributed by atoms with Crippen LogP contribution in [0, 0.1) is 31.6 Å². The topological polar surface area (TPSA) is 104 Å². The molecule has 26 heavy (non-hydrogen) atoms. The van der Waals surface area contributed by atoms with Crippen LogP contribution in [0.3, 0.4) is 0 Å². The number of ether oxygens (including phenoxy) is 1. The third-order valence-electron chi connectivity index (χ3n) is 3.67. The Morgan fingerprint density at radius 2 is 1.73 bits per heavy atom. The van der Waals surface area contributed by atoms with Gasteiger partial charge >= 0.3 is 11.9 Å². The van der Waals surface area contributed by atoms with Gasteiger partial charge in [0.15, 0.2) is 11.5 Å². The van der Waals surface area contributed by atoms with Crippen molar-refractivity contribution in [2.45, 2.75) is 31.8 Å². The number of carbonyl (C=O) groups is 2. The Morgan fingerprint density at radius 3 is 2.31 bits per heavy atom. The molecule has 6 nitrogen and oxygen atoms in total. The van der Waals surface area contributed by atoms with E-state index in [1.807, 2.05) is 0 Å². The van der Waals surface area contributed by atoms with E-state index in [-0.39, 0.29) is 17.6 Å². The highest BCUT2D eigenvalue weighted by atomic mass is 16.5. The molecule has 1 aliphatic carbocycles. The first-order chi connectivity index (χ1) is 12.5. The SMILES string of the molecule is C#C.C#C.O=C(/C=C\c1ccc(O)c(O)c1)O[C@H]1CCCC(C(=O)O)C1. The first-order valence-electron chi connectivity index (χ1n) is 7.76. The Hall–Kier alpha value is -3.38. The van der Waals surface area contributed by atoms with Crippen molar-refractivity contribution in [1.29, 1.82) is 0 Å². The quantitative estimate of drug-likeness (QED) is 0.331. The van der Waals surface area contributed by atoms with Crippen LogP contribution >= 0.6 is 0 Å². The molecule has 0 bridgehead atoms. The fourth-order valence-electron chi connectivity index (χ4n) is 2.49. The molecule has 0 amide bonds. The molecule has 2 rings (SSSR count). The number of aromatic hydroxyl groups is 2. The second kappa shape index (κ2) is 12.0. The summed E-state index contributed by atoms with van der Waals surface area (Å²) in [7, 11) is 0. The predicted molar refractivity (Wildman–Crippen MR) is 98.1 cm³/mol. The van der Waals surface area contributed by atoms with Gasteiger partial charge in [0.05, 0.1) is 5.92 Å². The number of carbonyl (C=O) groups excluding carboxylic acids is 1. The number of aliphatic carboxylic acids is 1. The van der Waals surface area contributed by atoms with Crippen LogP contribution in [0.5, 0.6) is 11.5 Å². The van der Waals surface area contributed by atoms with Crippen molar-refractivity contribution in [3.63, 3.8) is 0 Å². The zero-order valence-corrected chi connectivity index (χ0v) is 14.2. The number of carboxylic acid groups (broad SMARTS) is 1. The van der Waals surface area contributed by atoms with Crippen LogP contribution in [0.1, 0.15) is 31.2 Å². The van der Waals surface area contributed by atoms with Gasteiger partial charge in [-0.3, -0.25) is 4.79 Å². The van der Waals surface area contributed by atoms with Gasteiger partial charge in [0.1, 0.15) is 6.10 Å². The summed E-state index contributed by atoms with van der Waals surface area (Å²) < 4.78 is 5.25. The fourth-order valence-corrected chi connectivity index (χ4v) is 2.49. The van der Waals surface area contributed by atoms with Crippen molar-refractivity contribution in [2.24, 2.45) is 5.92 Å². The van der Waals surface area contributed by atoms with Crippen molar-refractivity contribution in [1.82, 2.24) is 0 Å². The zero-order chi connectivity index (χ0) is 20.1. The van der Waals surface area contributed by atoms with Gasteiger partial charge in [-0.1, -0.05) is 6.07 Å². The maximum absolute atomic E-state index is 11.7. The van der Waals surface area contributed by atoms with E-state index >= 15 is 0 Å². The summed E-state index contributed by atoms with van der Waals surface area (Å²) in [5.74, 6) is -2.36. The van der Waals surface area contributed by atoms with E-state index in [9.17, 15) is 19.8 Å². The predicted octanol–water partition coefficient (Wildman–Crippen LogP) is 2.80. The Labute approximate surface area is 153 Å². The van der Waals surface area contributed by atoms with Crippen LogP contribution < -0.4 is 0 Å². The lowest BCUT2D eigenvalue weighted by Crippen LogP contribution is -2.28. The summed E-state index contributed by atoms with van der Waals surface area (Å²) in [5.41, 5.74) is 0.541. The highest BCUT2D eigenvalue weighted by Gasteiger charge is 2.28. The van der Waals surface area contributed by atoms with E-state index < -0.39 is 17.9 Å². The molecule has 0 radical (unpaired) electrons. The molecule has 1 unspecified atom stereocenters. The maximum atomic E-state index is 11.7. The van der Waals surface area contributed by atoms with Gasteiger partial charge in [-0.05, 0) is 49.5 Å². The average molecular weight is 358 g/mol. The van der Waals surface area contributed by atoms with E-state index in [1.165, 1.54) is 24.3 Å². The number of carboxylic acids is 1. The minimum atomic E-state index is -0.851. The molecule has 2 atom stereocenters. The highest BCUT2D eigenvalue weighted by Crippen LogP contribution is 2.27. The van der Waals surface area contributed by atoms with Crippen LogP contribution in [0.2, 0.25) is 0 Å². The molecule has 0 heterocycles. The third-order valence-corrected chi connectivity index (χ3v) is 3.67. The smallest absolute Gasteiger partial charge is 0.331 e. The molecule has 138 valence electrons. The minimum Gasteiger partial charge on any atom is -0.504 e. The number of terminal acetylenes is 2. The highest BCUT2D eigenvalue weighted by molar-refractivity contribution is 5.87. The van der Waals surface area contributed by atoms with Crippen molar-refractivity contribution in [3.8, 4) is 37.2 Å². The molecule has 1 fully saturated rings. The van der Waals surface area contributed by atoms with Crippen LogP contribution in [-0.2, 0) is 14.3 Å². The van der Waals surface area contributed by atoms with Crippen molar-refractivity contribution < 1.29 is 29.6 Å². The Morgan fingerprint density at radius 1 is 1.08 bits per heavy atom. The van der Waals surface area contributed by atoms with E-state index in [2.05, 4.69) is 25.7 Å². The van der Waals surface area contributed by atoms with Crippen molar-refractivity contribution in [2.75, 3.05) is 0 Å². The Balaban J connectivity index is 0.00000146. The monoisotopic (exact) mass is 358 g/mol. The average Bonchev–Trinajstić information content (AvgIpc) is 2.66. The van der Waals surface area contributed by atoms with Crippen molar-refractivity contribution >= 4 is 18.0 Å². The number of phenolic OH excluding ortho intramolecular Hbond substituents is 2. The van der Waals surface area contributed by atoms with Gasteiger partial charge in [0.25, 0.3) is 0 Å². The summed E-state index contributed by atoms with van der Waals surface area (Å²) >= 11 is 0. The lowest BCUT2D eigenvalue weighted by atomic mass is 9.87. The molecule has 1 aromatic carbocycles. The van der Waals surface area contributed by atoms with Gasteiger partial charge < -0.3 is 20.1 Å². The zero-order valence-electron chi connectivity index (χ0n) is 14.2. The third kappa shape index (κ3) is 7.46.